The van der Waals surface area contributed by atoms with Gasteiger partial charge >= 0.3 is 19.8 Å². The number of esters is 1. The molecule has 3 fully saturated rings. The highest BCUT2D eigenvalue weighted by Gasteiger charge is 2.58. The third-order valence-electron chi connectivity index (χ3n) is 13.5. The van der Waals surface area contributed by atoms with Crippen molar-refractivity contribution in [2.75, 3.05) is 44.4 Å². The van der Waals surface area contributed by atoms with Crippen LogP contribution in [0.3, 0.4) is 0 Å². The van der Waals surface area contributed by atoms with E-state index in [9.17, 15) is 14.2 Å². The van der Waals surface area contributed by atoms with Crippen molar-refractivity contribution in [2.45, 2.75) is 150 Å². The van der Waals surface area contributed by atoms with Crippen LogP contribution in [-0.4, -0.2) is 86.1 Å². The Hall–Kier alpha value is -2.52. The molecule has 0 aliphatic heterocycles. The summed E-state index contributed by atoms with van der Waals surface area (Å²) in [5.74, 6) is 4.23. The van der Waals surface area contributed by atoms with Gasteiger partial charge in [-0.05, 0) is 125 Å². The Morgan fingerprint density at radius 3 is 2.25 bits per heavy atom. The highest BCUT2D eigenvalue weighted by molar-refractivity contribution is 7.99. The standard InChI is InChI=1S/C43H79N8O7PS/c1-29(2)10-8-9-11-30-13-15-34-33-14-12-31-28-32(16-19-43(31,7)35(33)17-20-42(30,34)6)57-37(52)36(51-40(53)58-41(3,4)5)18-26-60-27-23-50-59(54,55-24-21-48-38(44)45)56-25-22-49-39(46)47/h12,29-30,32-36H,8-11,13-28H2,1-7H3,(H,50,54)(H,51,53)(H4,44,45,48)(H4,46,47,49). The summed E-state index contributed by atoms with van der Waals surface area (Å²) in [6, 6.07) is -0.890. The molecule has 60 heavy (non-hydrogen) atoms. The Balaban J connectivity index is 1.31. The van der Waals surface area contributed by atoms with Crippen LogP contribution in [-0.2, 0) is 27.9 Å². The SMILES string of the molecule is CC(C)CCCCC1CCC2C3CC=C4CC(OC(=O)C(CCSCCNP(=O)(OCCN=C(N)N)OCCN=C(N)N)NC(=O)OC(C)(C)C)CCC4(C)C3CCC12C. The fourth-order valence-electron chi connectivity index (χ4n) is 10.6. The van der Waals surface area contributed by atoms with Crippen molar-refractivity contribution >= 4 is 43.5 Å². The van der Waals surface area contributed by atoms with Gasteiger partial charge in [0.15, 0.2) is 11.9 Å². The van der Waals surface area contributed by atoms with Gasteiger partial charge in [-0.15, -0.1) is 0 Å². The quantitative estimate of drug-likeness (QED) is 0.0152. The summed E-state index contributed by atoms with van der Waals surface area (Å²) in [4.78, 5) is 34.4. The number of hydrogen-bond donors (Lipinski definition) is 6. The number of aliphatic imine (C=N–C) groups is 2. The maximum atomic E-state index is 13.8. The van der Waals surface area contributed by atoms with Gasteiger partial charge in [0.25, 0.3) is 0 Å². The Morgan fingerprint density at radius 1 is 0.933 bits per heavy atom. The van der Waals surface area contributed by atoms with E-state index < -0.39 is 31.5 Å². The lowest BCUT2D eigenvalue weighted by atomic mass is 9.47. The zero-order valence-corrected chi connectivity index (χ0v) is 39.4. The van der Waals surface area contributed by atoms with Crippen LogP contribution in [0.4, 0.5) is 4.79 Å². The summed E-state index contributed by atoms with van der Waals surface area (Å²) in [7, 11) is -3.74. The predicted molar refractivity (Wildman–Crippen MR) is 242 cm³/mol. The van der Waals surface area contributed by atoms with E-state index in [0.29, 0.717) is 29.3 Å². The van der Waals surface area contributed by atoms with E-state index in [2.05, 4.69) is 54.2 Å². The first-order valence-corrected chi connectivity index (χ1v) is 25.2. The maximum Gasteiger partial charge on any atom is 0.408 e. The molecule has 0 bridgehead atoms. The molecule has 0 spiro atoms. The van der Waals surface area contributed by atoms with Gasteiger partial charge in [0.2, 0.25) is 0 Å². The number of guanidine groups is 2. The molecular weight excluding hydrogens is 804 g/mol. The number of fused-ring (bicyclic) bond motifs is 5. The number of amides is 1. The van der Waals surface area contributed by atoms with Crippen LogP contribution in [0.1, 0.15) is 132 Å². The summed E-state index contributed by atoms with van der Waals surface area (Å²) in [6.07, 6.45) is 16.5. The number of carbonyl (C=O) groups excluding carboxylic acids is 2. The van der Waals surface area contributed by atoms with Gasteiger partial charge in [-0.25, -0.2) is 19.2 Å². The number of nitrogens with two attached hydrogens (primary N) is 4. The second kappa shape index (κ2) is 22.7. The molecule has 17 heteroatoms. The minimum atomic E-state index is -3.74. The van der Waals surface area contributed by atoms with E-state index in [1.165, 1.54) is 68.7 Å². The molecule has 0 heterocycles. The van der Waals surface area contributed by atoms with E-state index in [0.717, 1.165) is 49.4 Å². The Labute approximate surface area is 364 Å². The lowest BCUT2D eigenvalue weighted by Crippen LogP contribution is -2.51. The van der Waals surface area contributed by atoms with Crippen molar-refractivity contribution in [1.29, 1.82) is 0 Å². The number of ether oxygens (including phenoxy) is 2. The molecule has 0 radical (unpaired) electrons. The number of allylic oxidation sites excluding steroid dienone is 1. The zero-order valence-electron chi connectivity index (χ0n) is 37.7. The van der Waals surface area contributed by atoms with E-state index in [4.69, 9.17) is 41.5 Å². The number of alkyl carbamates (subject to hydrolysis) is 1. The molecule has 4 aliphatic rings. The summed E-state index contributed by atoms with van der Waals surface area (Å²) in [6.45, 7) is 15.5. The van der Waals surface area contributed by atoms with Crippen molar-refractivity contribution < 1.29 is 32.7 Å². The third-order valence-corrected chi connectivity index (χ3v) is 16.2. The molecule has 3 saturated carbocycles. The molecule has 0 saturated heterocycles. The van der Waals surface area contributed by atoms with Crippen LogP contribution in [0.15, 0.2) is 21.6 Å². The average Bonchev–Trinajstić information content (AvgIpc) is 3.49. The van der Waals surface area contributed by atoms with Gasteiger partial charge in [-0.2, -0.15) is 11.8 Å². The van der Waals surface area contributed by atoms with Gasteiger partial charge in [0.1, 0.15) is 17.7 Å². The van der Waals surface area contributed by atoms with Gasteiger partial charge in [-0.3, -0.25) is 19.0 Å². The molecule has 10 N–H and O–H groups in total. The molecule has 0 aromatic carbocycles. The molecule has 8 atom stereocenters. The Morgan fingerprint density at radius 2 is 1.62 bits per heavy atom. The van der Waals surface area contributed by atoms with Gasteiger partial charge < -0.3 is 37.7 Å². The van der Waals surface area contributed by atoms with Crippen LogP contribution in [0.5, 0.6) is 0 Å². The van der Waals surface area contributed by atoms with Crippen molar-refractivity contribution in [3.8, 4) is 0 Å². The average molecular weight is 883 g/mol. The number of hydrogen-bond acceptors (Lipinski definition) is 10. The van der Waals surface area contributed by atoms with Gasteiger partial charge in [0.05, 0.1) is 26.3 Å². The molecule has 4 aliphatic carbocycles. The number of rotatable bonds is 23. The number of carbonyl (C=O) groups is 2. The minimum Gasteiger partial charge on any atom is -0.461 e. The molecule has 0 aromatic rings. The summed E-state index contributed by atoms with van der Waals surface area (Å²) in [5.41, 5.74) is 22.8. The van der Waals surface area contributed by atoms with E-state index in [-0.39, 0.29) is 56.3 Å². The van der Waals surface area contributed by atoms with Crippen LogP contribution in [0.25, 0.3) is 0 Å². The second-order valence-corrected chi connectivity index (χ2v) is 22.4. The maximum absolute atomic E-state index is 13.8. The first kappa shape index (κ1) is 50.1. The van der Waals surface area contributed by atoms with Crippen molar-refractivity contribution in [3.05, 3.63) is 11.6 Å². The molecular formula is C43H79N8O7PS. The van der Waals surface area contributed by atoms with Crippen molar-refractivity contribution in [1.82, 2.24) is 10.4 Å². The fourth-order valence-corrected chi connectivity index (χ4v) is 12.8. The summed E-state index contributed by atoms with van der Waals surface area (Å²) >= 11 is 1.51. The number of nitrogens with one attached hydrogen (secondary N) is 2. The molecule has 8 unspecified atom stereocenters. The zero-order chi connectivity index (χ0) is 44.1. The molecule has 344 valence electrons. The Kier molecular flexibility index (Phi) is 19.0. The second-order valence-electron chi connectivity index (χ2n) is 19.3. The summed E-state index contributed by atoms with van der Waals surface area (Å²) < 4.78 is 36.1. The van der Waals surface area contributed by atoms with Crippen LogP contribution in [0.2, 0.25) is 0 Å². The largest absolute Gasteiger partial charge is 0.461 e. The molecule has 1 amide bonds. The minimum absolute atomic E-state index is 0.0461. The first-order valence-electron chi connectivity index (χ1n) is 22.5. The van der Waals surface area contributed by atoms with Crippen LogP contribution < -0.4 is 33.3 Å². The lowest BCUT2D eigenvalue weighted by molar-refractivity contribution is -0.154. The third kappa shape index (κ3) is 14.8. The number of thioether (sulfide) groups is 1. The fraction of sp³-hybridized carbons (Fsp3) is 0.860. The molecule has 0 aromatic heterocycles. The normalized spacial score (nSPS) is 28.1. The molecule has 4 rings (SSSR count). The lowest BCUT2D eigenvalue weighted by Gasteiger charge is -2.58. The van der Waals surface area contributed by atoms with Gasteiger partial charge in [0, 0.05) is 18.7 Å². The monoisotopic (exact) mass is 883 g/mol. The van der Waals surface area contributed by atoms with Crippen LogP contribution >= 0.6 is 19.5 Å². The van der Waals surface area contributed by atoms with Crippen molar-refractivity contribution in [2.24, 2.45) is 73.3 Å². The topological polar surface area (TPSA) is 241 Å². The molecule has 15 nitrogen and oxygen atoms in total. The summed E-state index contributed by atoms with van der Waals surface area (Å²) in [5, 5.41) is 5.63. The van der Waals surface area contributed by atoms with Crippen molar-refractivity contribution in [3.63, 3.8) is 0 Å². The van der Waals surface area contributed by atoms with E-state index >= 15 is 0 Å². The highest BCUT2D eigenvalue weighted by Crippen LogP contribution is 2.67. The smallest absolute Gasteiger partial charge is 0.408 e. The highest BCUT2D eigenvalue weighted by atomic mass is 32.2. The van der Waals surface area contributed by atoms with Crippen LogP contribution in [0, 0.1) is 40.4 Å². The number of nitrogens with zero attached hydrogens (tertiary/aromatic N) is 2. The first-order chi connectivity index (χ1) is 28.2. The van der Waals surface area contributed by atoms with E-state index in [1.54, 1.807) is 20.8 Å². The predicted octanol–water partition coefficient (Wildman–Crippen LogP) is 6.99. The number of unbranched alkanes of at least 4 members (excludes halogenated alkanes) is 1. The van der Waals surface area contributed by atoms with E-state index in [1.807, 2.05) is 0 Å². The van der Waals surface area contributed by atoms with Gasteiger partial charge in [-0.1, -0.05) is 58.6 Å². The Bertz CT molecular complexity index is 1520.